The number of fused-ring (bicyclic) bond motifs is 2. The van der Waals surface area contributed by atoms with Gasteiger partial charge < -0.3 is 19.9 Å². The van der Waals surface area contributed by atoms with Crippen molar-refractivity contribution in [2.45, 2.75) is 19.3 Å². The van der Waals surface area contributed by atoms with Crippen LogP contribution in [-0.2, 0) is 0 Å². The third-order valence-corrected chi connectivity index (χ3v) is 5.76. The Morgan fingerprint density at radius 1 is 1.21 bits per heavy atom. The van der Waals surface area contributed by atoms with Gasteiger partial charge in [0.1, 0.15) is 23.5 Å². The number of hydrogen-bond acceptors (Lipinski definition) is 6. The molecule has 2 fully saturated rings. The van der Waals surface area contributed by atoms with E-state index < -0.39 is 0 Å². The smallest absolute Gasteiger partial charge is 0.272 e. The molecule has 1 aliphatic carbocycles. The molecule has 0 bridgehead atoms. The number of ether oxygens (including phenoxy) is 1. The van der Waals surface area contributed by atoms with Gasteiger partial charge in [-0.1, -0.05) is 12.5 Å². The van der Waals surface area contributed by atoms with Crippen LogP contribution < -0.4 is 10.1 Å². The number of aromatic amines is 1. The normalized spacial score (nSPS) is 20.1. The Hall–Kier alpha value is -3.16. The first kappa shape index (κ1) is 19.2. The number of rotatable bonds is 3. The van der Waals surface area contributed by atoms with E-state index in [9.17, 15) is 4.79 Å². The van der Waals surface area contributed by atoms with Crippen molar-refractivity contribution in [2.75, 3.05) is 32.6 Å². The van der Waals surface area contributed by atoms with E-state index in [0.717, 1.165) is 41.8 Å². The van der Waals surface area contributed by atoms with Gasteiger partial charge in [0.2, 0.25) is 5.88 Å². The molecule has 29 heavy (non-hydrogen) atoms. The molecule has 0 radical (unpaired) electrons. The number of carbonyl (C=O) groups is 1. The lowest BCUT2D eigenvalue weighted by Gasteiger charge is -2.16. The molecule has 8 heteroatoms. The van der Waals surface area contributed by atoms with Crippen LogP contribution in [0, 0.1) is 11.8 Å². The third kappa shape index (κ3) is 4.01. The number of carbonyl (C=O) groups excluding carboxylic acids is 1. The van der Waals surface area contributed by atoms with Gasteiger partial charge in [-0.2, -0.15) is 0 Å². The number of hydrogen-bond donors (Lipinski definition) is 2. The van der Waals surface area contributed by atoms with Crippen LogP contribution in [0.5, 0.6) is 5.88 Å². The van der Waals surface area contributed by atoms with Crippen LogP contribution in [0.15, 0.2) is 36.8 Å². The van der Waals surface area contributed by atoms with E-state index in [2.05, 4.69) is 25.3 Å². The predicted octanol–water partition coefficient (Wildman–Crippen LogP) is 2.96. The molecule has 1 saturated carbocycles. The van der Waals surface area contributed by atoms with Crippen LogP contribution in [0.3, 0.4) is 0 Å². The van der Waals surface area contributed by atoms with Gasteiger partial charge in [-0.15, -0.1) is 0 Å². The molecule has 3 aromatic heterocycles. The fourth-order valence-corrected chi connectivity index (χ4v) is 4.28. The van der Waals surface area contributed by atoms with Crippen LogP contribution in [-0.4, -0.2) is 58.0 Å². The van der Waals surface area contributed by atoms with Gasteiger partial charge in [0.05, 0.1) is 12.5 Å². The first-order valence-corrected chi connectivity index (χ1v) is 9.95. The highest BCUT2D eigenvalue weighted by Crippen LogP contribution is 2.38. The second kappa shape index (κ2) is 8.46. The van der Waals surface area contributed by atoms with Gasteiger partial charge >= 0.3 is 0 Å². The van der Waals surface area contributed by atoms with E-state index in [1.807, 2.05) is 30.3 Å². The predicted molar refractivity (Wildman–Crippen MR) is 111 cm³/mol. The summed E-state index contributed by atoms with van der Waals surface area (Å²) in [5, 5.41) is 4.01. The van der Waals surface area contributed by atoms with Crippen LogP contribution in [0.25, 0.3) is 11.0 Å². The van der Waals surface area contributed by atoms with Crippen molar-refractivity contribution in [3.63, 3.8) is 0 Å². The van der Waals surface area contributed by atoms with Crippen molar-refractivity contribution < 1.29 is 9.53 Å². The average molecular weight is 394 g/mol. The van der Waals surface area contributed by atoms with Gasteiger partial charge in [0.25, 0.3) is 5.91 Å². The van der Waals surface area contributed by atoms with E-state index in [1.165, 1.54) is 25.6 Å². The molecule has 4 heterocycles. The number of methoxy groups -OCH3 is 1. The zero-order valence-electron chi connectivity index (χ0n) is 16.8. The number of aromatic nitrogens is 4. The summed E-state index contributed by atoms with van der Waals surface area (Å²) in [7, 11) is 3.41. The molecule has 152 valence electrons. The summed E-state index contributed by atoms with van der Waals surface area (Å²) in [5.74, 6) is 2.85. The van der Waals surface area contributed by atoms with Gasteiger partial charge in [0, 0.05) is 32.4 Å². The molecule has 2 N–H and O–H groups in total. The number of H-pyrrole nitrogens is 1. The summed E-state index contributed by atoms with van der Waals surface area (Å²) < 4.78 is 5.06. The molecule has 8 nitrogen and oxygen atoms in total. The van der Waals surface area contributed by atoms with E-state index in [1.54, 1.807) is 19.2 Å². The first-order chi connectivity index (χ1) is 14.2. The maximum absolute atomic E-state index is 12.4. The summed E-state index contributed by atoms with van der Waals surface area (Å²) in [6.07, 6.45) is 7.26. The lowest BCUT2D eigenvalue weighted by molar-refractivity contribution is 0.0774. The van der Waals surface area contributed by atoms with E-state index in [4.69, 9.17) is 4.74 Å². The van der Waals surface area contributed by atoms with Crippen molar-refractivity contribution in [2.24, 2.45) is 11.8 Å². The standard InChI is InChI=1S/C14H18N2O2.C7H8N4/c1-18-13-7-3-6-12(15-13)14(17)16-8-10-4-2-5-11(10)9-16;1-8-6-5-2-3-9-7(5)11-4-10-6/h3,6-7,10-11H,2,4-5,8-9H2,1H3;2-4H,1H3,(H2,8,9,10,11). The van der Waals surface area contributed by atoms with Crippen LogP contribution in [0.2, 0.25) is 0 Å². The van der Waals surface area contributed by atoms with Crippen LogP contribution >= 0.6 is 0 Å². The Kier molecular flexibility index (Phi) is 5.59. The van der Waals surface area contributed by atoms with Gasteiger partial charge in [-0.05, 0) is 36.8 Å². The summed E-state index contributed by atoms with van der Waals surface area (Å²) in [6, 6.07) is 7.28. The van der Waals surface area contributed by atoms with Crippen molar-refractivity contribution in [1.82, 2.24) is 24.8 Å². The van der Waals surface area contributed by atoms with Crippen molar-refractivity contribution in [3.05, 3.63) is 42.5 Å². The molecule has 0 spiro atoms. The monoisotopic (exact) mass is 394 g/mol. The number of pyridine rings is 1. The fourth-order valence-electron chi connectivity index (χ4n) is 4.28. The topological polar surface area (TPSA) is 96.0 Å². The zero-order valence-corrected chi connectivity index (χ0v) is 16.8. The molecule has 1 aliphatic heterocycles. The zero-order chi connectivity index (χ0) is 20.2. The molecule has 1 amide bonds. The highest BCUT2D eigenvalue weighted by molar-refractivity contribution is 5.92. The molecule has 0 aromatic carbocycles. The molecular weight excluding hydrogens is 368 g/mol. The quantitative estimate of drug-likeness (QED) is 0.709. The lowest BCUT2D eigenvalue weighted by atomic mass is 10.0. The maximum atomic E-state index is 12.4. The van der Waals surface area contributed by atoms with E-state index in [-0.39, 0.29) is 5.91 Å². The molecule has 2 atom stereocenters. The third-order valence-electron chi connectivity index (χ3n) is 5.76. The molecular formula is C21H26N6O2. The largest absolute Gasteiger partial charge is 0.481 e. The Morgan fingerprint density at radius 2 is 2.00 bits per heavy atom. The molecule has 3 aromatic rings. The Balaban J connectivity index is 0.000000159. The molecule has 2 unspecified atom stereocenters. The number of nitrogens with zero attached hydrogens (tertiary/aromatic N) is 4. The summed E-state index contributed by atoms with van der Waals surface area (Å²) in [4.78, 5) is 29.6. The maximum Gasteiger partial charge on any atom is 0.272 e. The van der Waals surface area contributed by atoms with E-state index >= 15 is 0 Å². The van der Waals surface area contributed by atoms with Gasteiger partial charge in [0.15, 0.2) is 0 Å². The fraction of sp³-hybridized carbons (Fsp3) is 0.429. The summed E-state index contributed by atoms with van der Waals surface area (Å²) >= 11 is 0. The first-order valence-electron chi connectivity index (χ1n) is 9.95. The number of amides is 1. The van der Waals surface area contributed by atoms with Crippen molar-refractivity contribution in [1.29, 1.82) is 0 Å². The minimum absolute atomic E-state index is 0.0447. The molecule has 5 rings (SSSR count). The van der Waals surface area contributed by atoms with Crippen molar-refractivity contribution in [3.8, 4) is 5.88 Å². The van der Waals surface area contributed by atoms with Gasteiger partial charge in [-0.25, -0.2) is 15.0 Å². The van der Waals surface area contributed by atoms with Crippen LogP contribution in [0.4, 0.5) is 5.82 Å². The Labute approximate surface area is 169 Å². The highest BCUT2D eigenvalue weighted by atomic mass is 16.5. The molecule has 2 aliphatic rings. The highest BCUT2D eigenvalue weighted by Gasteiger charge is 2.38. The second-order valence-corrected chi connectivity index (χ2v) is 7.44. The van der Waals surface area contributed by atoms with Crippen LogP contribution in [0.1, 0.15) is 29.8 Å². The van der Waals surface area contributed by atoms with E-state index in [0.29, 0.717) is 11.6 Å². The minimum atomic E-state index is 0.0447. The number of nitrogens with one attached hydrogen (secondary N) is 2. The van der Waals surface area contributed by atoms with Crippen molar-refractivity contribution >= 4 is 22.8 Å². The average Bonchev–Trinajstić information content (AvgIpc) is 3.49. The Bertz CT molecular complexity index is 976. The number of anilines is 1. The SMILES string of the molecule is CNc1ncnc2[nH]ccc12.COc1cccc(C(=O)N2CC3CCCC3C2)n1. The molecule has 1 saturated heterocycles. The lowest BCUT2D eigenvalue weighted by Crippen LogP contribution is -2.30. The second-order valence-electron chi connectivity index (χ2n) is 7.44. The minimum Gasteiger partial charge on any atom is -0.481 e. The summed E-state index contributed by atoms with van der Waals surface area (Å²) in [5.41, 5.74) is 1.36. The summed E-state index contributed by atoms with van der Waals surface area (Å²) in [6.45, 7) is 1.81. The number of likely N-dealkylation sites (tertiary alicyclic amines) is 1. The van der Waals surface area contributed by atoms with Gasteiger partial charge in [-0.3, -0.25) is 4.79 Å². The Morgan fingerprint density at radius 3 is 2.72 bits per heavy atom.